The minimum absolute atomic E-state index is 0.533. The van der Waals surface area contributed by atoms with Gasteiger partial charge in [-0.3, -0.25) is 0 Å². The molecule has 0 amide bonds. The predicted molar refractivity (Wildman–Crippen MR) is 71.8 cm³/mol. The van der Waals surface area contributed by atoms with Gasteiger partial charge in [0.2, 0.25) is 0 Å². The monoisotopic (exact) mass is 238 g/mol. The molecule has 0 unspecified atom stereocenters. The highest BCUT2D eigenvalue weighted by Gasteiger charge is 2.12. The molecule has 0 aromatic heterocycles. The van der Waals surface area contributed by atoms with Gasteiger partial charge in [-0.05, 0) is 25.7 Å². The Hall–Kier alpha value is -0.660. The molecule has 0 aromatic rings. The van der Waals surface area contributed by atoms with Crippen molar-refractivity contribution in [3.8, 4) is 0 Å². The number of hydrogen-bond donors (Lipinski definition) is 1. The van der Waals surface area contributed by atoms with Crippen molar-refractivity contribution in [1.82, 2.24) is 0 Å². The van der Waals surface area contributed by atoms with Crippen molar-refractivity contribution in [3.63, 3.8) is 0 Å². The molecule has 2 aliphatic rings. The number of hydrogen-bond acceptors (Lipinski definition) is 3. The van der Waals surface area contributed by atoms with Crippen LogP contribution in [0.2, 0.25) is 0 Å². The zero-order valence-electron chi connectivity index (χ0n) is 11.1. The van der Waals surface area contributed by atoms with E-state index >= 15 is 0 Å². The number of aliphatic hydroxyl groups is 1. The van der Waals surface area contributed by atoms with Crippen LogP contribution in [-0.2, 0) is 0 Å². The topological polar surface area (TPSA) is 45.0 Å². The van der Waals surface area contributed by atoms with Crippen molar-refractivity contribution in [1.29, 1.82) is 0 Å². The molecule has 0 aliphatic heterocycles. The standard InChI is InChI=1S/C13H22N2.CH4O/c1-3-7-12(8-4-1)14-11-15-13-9-5-2-6-10-13;1-2/h12-13H,1-10H2;2H,1H3. The van der Waals surface area contributed by atoms with Crippen LogP contribution in [0.1, 0.15) is 64.2 Å². The zero-order valence-corrected chi connectivity index (χ0v) is 11.1. The number of nitrogens with zero attached hydrogens (tertiary/aromatic N) is 2. The first kappa shape index (κ1) is 14.4. The van der Waals surface area contributed by atoms with Gasteiger partial charge in [0.25, 0.3) is 0 Å². The molecule has 0 heterocycles. The fraction of sp³-hybridized carbons (Fsp3) is 0.929. The molecule has 3 heteroatoms. The van der Waals surface area contributed by atoms with Crippen molar-refractivity contribution < 1.29 is 5.11 Å². The van der Waals surface area contributed by atoms with Crippen LogP contribution in [-0.4, -0.2) is 30.3 Å². The Kier molecular flexibility index (Phi) is 7.94. The van der Waals surface area contributed by atoms with Gasteiger partial charge >= 0.3 is 0 Å². The van der Waals surface area contributed by atoms with E-state index in [0.717, 1.165) is 7.11 Å². The third kappa shape index (κ3) is 5.99. The SMILES string of the molecule is C(=NC1CCCCC1)=NC1CCCCC1.CO. The first-order chi connectivity index (χ1) is 8.45. The lowest BCUT2D eigenvalue weighted by Gasteiger charge is -2.17. The van der Waals surface area contributed by atoms with Crippen LogP contribution in [0.15, 0.2) is 9.98 Å². The Labute approximate surface area is 105 Å². The summed E-state index contributed by atoms with van der Waals surface area (Å²) in [6, 6.07) is 4.04. The van der Waals surface area contributed by atoms with Gasteiger partial charge in [0.05, 0.1) is 18.1 Å². The van der Waals surface area contributed by atoms with Gasteiger partial charge in [0.1, 0.15) is 0 Å². The Morgan fingerprint density at radius 2 is 1.06 bits per heavy atom. The van der Waals surface area contributed by atoms with E-state index in [1.54, 1.807) is 0 Å². The third-order valence-corrected chi connectivity index (χ3v) is 3.63. The van der Waals surface area contributed by atoms with Crippen LogP contribution in [0.5, 0.6) is 0 Å². The van der Waals surface area contributed by atoms with Crippen LogP contribution in [0.3, 0.4) is 0 Å². The fourth-order valence-electron chi connectivity index (χ4n) is 2.62. The highest BCUT2D eigenvalue weighted by molar-refractivity contribution is 5.42. The van der Waals surface area contributed by atoms with Crippen molar-refractivity contribution in [2.24, 2.45) is 9.98 Å². The molecule has 0 radical (unpaired) electrons. The zero-order chi connectivity index (χ0) is 12.3. The van der Waals surface area contributed by atoms with Crippen molar-refractivity contribution in [2.75, 3.05) is 7.11 Å². The minimum Gasteiger partial charge on any atom is -0.400 e. The highest BCUT2D eigenvalue weighted by atomic mass is 16.2. The Morgan fingerprint density at radius 1 is 0.706 bits per heavy atom. The maximum Gasteiger partial charge on any atom is 0.0898 e. The summed E-state index contributed by atoms with van der Waals surface area (Å²) in [6.45, 7) is 0. The summed E-state index contributed by atoms with van der Waals surface area (Å²) in [6.07, 6.45) is 13.2. The fourth-order valence-corrected chi connectivity index (χ4v) is 2.62. The first-order valence-corrected chi connectivity index (χ1v) is 7.04. The van der Waals surface area contributed by atoms with Gasteiger partial charge in [-0.15, -0.1) is 0 Å². The first-order valence-electron chi connectivity index (χ1n) is 7.04. The highest BCUT2D eigenvalue weighted by Crippen LogP contribution is 2.21. The second-order valence-corrected chi connectivity index (χ2v) is 4.94. The second-order valence-electron chi connectivity index (χ2n) is 4.94. The van der Waals surface area contributed by atoms with E-state index in [1.807, 2.05) is 0 Å². The number of rotatable bonds is 2. The Balaban J connectivity index is 0.000000686. The molecule has 2 rings (SSSR count). The summed E-state index contributed by atoms with van der Waals surface area (Å²) in [4.78, 5) is 8.92. The maximum absolute atomic E-state index is 7.00. The quantitative estimate of drug-likeness (QED) is 0.736. The van der Waals surface area contributed by atoms with E-state index in [0.29, 0.717) is 12.1 Å². The normalized spacial score (nSPS) is 22.0. The van der Waals surface area contributed by atoms with E-state index in [4.69, 9.17) is 5.11 Å². The van der Waals surface area contributed by atoms with E-state index in [9.17, 15) is 0 Å². The summed E-state index contributed by atoms with van der Waals surface area (Å²) in [7, 11) is 1.00. The molecule has 17 heavy (non-hydrogen) atoms. The van der Waals surface area contributed by atoms with Crippen LogP contribution in [0.25, 0.3) is 0 Å². The van der Waals surface area contributed by atoms with Gasteiger partial charge < -0.3 is 5.11 Å². The van der Waals surface area contributed by atoms with E-state index in [-0.39, 0.29) is 0 Å². The van der Waals surface area contributed by atoms with E-state index in [1.165, 1.54) is 64.2 Å². The van der Waals surface area contributed by atoms with Gasteiger partial charge in [0, 0.05) is 7.11 Å². The van der Waals surface area contributed by atoms with E-state index < -0.39 is 0 Å². The number of aliphatic hydroxyl groups excluding tert-OH is 1. The van der Waals surface area contributed by atoms with Crippen molar-refractivity contribution >= 4 is 6.01 Å². The van der Waals surface area contributed by atoms with Crippen molar-refractivity contribution in [3.05, 3.63) is 0 Å². The summed E-state index contributed by atoms with van der Waals surface area (Å²) < 4.78 is 0. The van der Waals surface area contributed by atoms with Crippen LogP contribution in [0, 0.1) is 0 Å². The minimum atomic E-state index is 0.533. The summed E-state index contributed by atoms with van der Waals surface area (Å²) >= 11 is 0. The average molecular weight is 238 g/mol. The summed E-state index contributed by atoms with van der Waals surface area (Å²) in [5.41, 5.74) is 0. The van der Waals surface area contributed by atoms with Gasteiger partial charge in [-0.2, -0.15) is 0 Å². The Morgan fingerprint density at radius 3 is 1.41 bits per heavy atom. The summed E-state index contributed by atoms with van der Waals surface area (Å²) in [5.74, 6) is 0. The summed E-state index contributed by atoms with van der Waals surface area (Å²) in [5, 5.41) is 7.00. The lowest BCUT2D eigenvalue weighted by atomic mass is 9.96. The maximum atomic E-state index is 7.00. The third-order valence-electron chi connectivity index (χ3n) is 3.63. The van der Waals surface area contributed by atoms with Crippen LogP contribution < -0.4 is 0 Å². The molecule has 0 aromatic carbocycles. The predicted octanol–water partition coefficient (Wildman–Crippen LogP) is 3.43. The number of aliphatic imine (C=N–C) groups is 2. The molecule has 2 aliphatic carbocycles. The molecular formula is C14H26N2O. The van der Waals surface area contributed by atoms with Crippen LogP contribution >= 0.6 is 0 Å². The Bertz CT molecular complexity index is 213. The van der Waals surface area contributed by atoms with Gasteiger partial charge in [0.15, 0.2) is 0 Å². The molecule has 1 N–H and O–H groups in total. The molecule has 0 atom stereocenters. The molecule has 0 saturated heterocycles. The molecule has 2 saturated carbocycles. The molecule has 2 fully saturated rings. The van der Waals surface area contributed by atoms with Crippen molar-refractivity contribution in [2.45, 2.75) is 76.3 Å². The largest absolute Gasteiger partial charge is 0.400 e. The molecule has 3 nitrogen and oxygen atoms in total. The molecular weight excluding hydrogens is 212 g/mol. The second kappa shape index (κ2) is 9.38. The van der Waals surface area contributed by atoms with Gasteiger partial charge in [-0.25, -0.2) is 9.98 Å². The van der Waals surface area contributed by atoms with Crippen LogP contribution in [0.4, 0.5) is 0 Å². The van der Waals surface area contributed by atoms with Gasteiger partial charge in [-0.1, -0.05) is 38.5 Å². The lowest BCUT2D eigenvalue weighted by Crippen LogP contribution is -2.10. The molecule has 0 bridgehead atoms. The molecule has 98 valence electrons. The smallest absolute Gasteiger partial charge is 0.0898 e. The van der Waals surface area contributed by atoms with E-state index in [2.05, 4.69) is 16.0 Å². The average Bonchev–Trinajstić information content (AvgIpc) is 2.43. The molecule has 0 spiro atoms. The lowest BCUT2D eigenvalue weighted by molar-refractivity contribution is 0.399.